The SMILES string of the molecule is NCc1ccc(N2CCCCCC2)cc1Br. The van der Waals surface area contributed by atoms with Crippen molar-refractivity contribution in [3.8, 4) is 0 Å². The molecule has 0 aliphatic carbocycles. The average molecular weight is 283 g/mol. The molecule has 1 saturated heterocycles. The van der Waals surface area contributed by atoms with Gasteiger partial charge >= 0.3 is 0 Å². The Balaban J connectivity index is 2.16. The van der Waals surface area contributed by atoms with Crippen LogP contribution in [0.4, 0.5) is 5.69 Å². The van der Waals surface area contributed by atoms with E-state index in [9.17, 15) is 0 Å². The van der Waals surface area contributed by atoms with Crippen LogP contribution in [-0.4, -0.2) is 13.1 Å². The second kappa shape index (κ2) is 5.69. The van der Waals surface area contributed by atoms with Crippen molar-refractivity contribution in [3.63, 3.8) is 0 Å². The molecule has 16 heavy (non-hydrogen) atoms. The molecular formula is C13H19BrN2. The highest BCUT2D eigenvalue weighted by atomic mass is 79.9. The van der Waals surface area contributed by atoms with Gasteiger partial charge in [-0.25, -0.2) is 0 Å². The maximum absolute atomic E-state index is 5.66. The van der Waals surface area contributed by atoms with Gasteiger partial charge in [-0.3, -0.25) is 0 Å². The van der Waals surface area contributed by atoms with Crippen molar-refractivity contribution in [2.45, 2.75) is 32.2 Å². The van der Waals surface area contributed by atoms with Crippen LogP contribution in [0.25, 0.3) is 0 Å². The highest BCUT2D eigenvalue weighted by molar-refractivity contribution is 9.10. The number of anilines is 1. The molecular weight excluding hydrogens is 264 g/mol. The van der Waals surface area contributed by atoms with Crippen molar-refractivity contribution in [1.29, 1.82) is 0 Å². The third kappa shape index (κ3) is 2.77. The van der Waals surface area contributed by atoms with E-state index in [4.69, 9.17) is 5.73 Å². The number of halogens is 1. The summed E-state index contributed by atoms with van der Waals surface area (Å²) in [5.74, 6) is 0. The smallest absolute Gasteiger partial charge is 0.0377 e. The Morgan fingerprint density at radius 3 is 2.38 bits per heavy atom. The number of nitrogens with two attached hydrogens (primary N) is 1. The molecule has 1 aromatic carbocycles. The Morgan fingerprint density at radius 2 is 1.81 bits per heavy atom. The number of rotatable bonds is 2. The van der Waals surface area contributed by atoms with Crippen LogP contribution in [0.1, 0.15) is 31.2 Å². The summed E-state index contributed by atoms with van der Waals surface area (Å²) in [6.45, 7) is 2.98. The van der Waals surface area contributed by atoms with Crippen LogP contribution in [0.5, 0.6) is 0 Å². The third-order valence-electron chi connectivity index (χ3n) is 3.23. The average Bonchev–Trinajstić information content (AvgIpc) is 2.57. The molecule has 1 fully saturated rings. The molecule has 3 heteroatoms. The van der Waals surface area contributed by atoms with E-state index < -0.39 is 0 Å². The maximum Gasteiger partial charge on any atom is 0.0377 e. The van der Waals surface area contributed by atoms with Crippen LogP contribution in [0.3, 0.4) is 0 Å². The van der Waals surface area contributed by atoms with Gasteiger partial charge < -0.3 is 10.6 Å². The molecule has 2 rings (SSSR count). The largest absolute Gasteiger partial charge is 0.372 e. The molecule has 0 atom stereocenters. The summed E-state index contributed by atoms with van der Waals surface area (Å²) in [5.41, 5.74) is 8.16. The van der Waals surface area contributed by atoms with Crippen molar-refractivity contribution < 1.29 is 0 Å². The molecule has 0 saturated carbocycles. The summed E-state index contributed by atoms with van der Waals surface area (Å²) in [6, 6.07) is 6.52. The summed E-state index contributed by atoms with van der Waals surface area (Å²) < 4.78 is 1.14. The standard InChI is InChI=1S/C13H19BrN2/c14-13-9-12(6-5-11(13)10-15)16-7-3-1-2-4-8-16/h5-6,9H,1-4,7-8,10,15H2. The van der Waals surface area contributed by atoms with Gasteiger partial charge in [-0.05, 0) is 30.5 Å². The lowest BCUT2D eigenvalue weighted by Crippen LogP contribution is -2.23. The zero-order chi connectivity index (χ0) is 11.4. The van der Waals surface area contributed by atoms with Crippen LogP contribution in [0, 0.1) is 0 Å². The van der Waals surface area contributed by atoms with E-state index in [1.807, 2.05) is 0 Å². The lowest BCUT2D eigenvalue weighted by Gasteiger charge is -2.23. The zero-order valence-electron chi connectivity index (χ0n) is 9.58. The Kier molecular flexibility index (Phi) is 4.24. The summed E-state index contributed by atoms with van der Waals surface area (Å²) in [6.07, 6.45) is 5.38. The van der Waals surface area contributed by atoms with E-state index in [2.05, 4.69) is 39.0 Å². The van der Waals surface area contributed by atoms with Gasteiger partial charge in [0, 0.05) is 29.8 Å². The summed E-state index contributed by atoms with van der Waals surface area (Å²) in [7, 11) is 0. The molecule has 0 spiro atoms. The molecule has 0 aromatic heterocycles. The van der Waals surface area contributed by atoms with Crippen molar-refractivity contribution in [1.82, 2.24) is 0 Å². The summed E-state index contributed by atoms with van der Waals surface area (Å²) in [5, 5.41) is 0. The van der Waals surface area contributed by atoms with E-state index in [-0.39, 0.29) is 0 Å². The second-order valence-electron chi connectivity index (χ2n) is 4.38. The Morgan fingerprint density at radius 1 is 1.12 bits per heavy atom. The predicted octanol–water partition coefficient (Wildman–Crippen LogP) is 3.29. The third-order valence-corrected chi connectivity index (χ3v) is 3.97. The predicted molar refractivity (Wildman–Crippen MR) is 72.7 cm³/mol. The molecule has 0 radical (unpaired) electrons. The highest BCUT2D eigenvalue weighted by Crippen LogP contribution is 2.25. The van der Waals surface area contributed by atoms with Crippen LogP contribution in [-0.2, 0) is 6.54 Å². The van der Waals surface area contributed by atoms with Crippen LogP contribution in [0.2, 0.25) is 0 Å². The van der Waals surface area contributed by atoms with Crippen molar-refractivity contribution in [2.24, 2.45) is 5.73 Å². The Labute approximate surface area is 106 Å². The second-order valence-corrected chi connectivity index (χ2v) is 5.24. The first kappa shape index (κ1) is 11.9. The minimum Gasteiger partial charge on any atom is -0.372 e. The Hall–Kier alpha value is -0.540. The quantitative estimate of drug-likeness (QED) is 0.902. The number of benzene rings is 1. The first-order valence-corrected chi connectivity index (χ1v) is 6.84. The fourth-order valence-electron chi connectivity index (χ4n) is 2.23. The molecule has 0 bridgehead atoms. The van der Waals surface area contributed by atoms with Crippen LogP contribution >= 0.6 is 15.9 Å². The summed E-state index contributed by atoms with van der Waals surface area (Å²) >= 11 is 3.59. The van der Waals surface area contributed by atoms with E-state index >= 15 is 0 Å². The molecule has 2 N–H and O–H groups in total. The number of hydrogen-bond donors (Lipinski definition) is 1. The molecule has 88 valence electrons. The van der Waals surface area contributed by atoms with Crippen LogP contribution in [0.15, 0.2) is 22.7 Å². The molecule has 1 aliphatic rings. The minimum atomic E-state index is 0.598. The van der Waals surface area contributed by atoms with E-state index in [1.165, 1.54) is 50.0 Å². The zero-order valence-corrected chi connectivity index (χ0v) is 11.2. The molecule has 1 aliphatic heterocycles. The minimum absolute atomic E-state index is 0.598. The van der Waals surface area contributed by atoms with Crippen molar-refractivity contribution in [2.75, 3.05) is 18.0 Å². The van der Waals surface area contributed by atoms with Gasteiger partial charge in [-0.1, -0.05) is 34.8 Å². The Bertz CT molecular complexity index is 344. The van der Waals surface area contributed by atoms with Gasteiger partial charge in [0.1, 0.15) is 0 Å². The molecule has 1 aromatic rings. The molecule has 2 nitrogen and oxygen atoms in total. The number of hydrogen-bond acceptors (Lipinski definition) is 2. The normalized spacial score (nSPS) is 17.2. The van der Waals surface area contributed by atoms with Gasteiger partial charge in [-0.15, -0.1) is 0 Å². The van der Waals surface area contributed by atoms with Crippen LogP contribution < -0.4 is 10.6 Å². The monoisotopic (exact) mass is 282 g/mol. The fourth-order valence-corrected chi connectivity index (χ4v) is 2.76. The summed E-state index contributed by atoms with van der Waals surface area (Å²) in [4.78, 5) is 2.48. The molecule has 0 unspecified atom stereocenters. The van der Waals surface area contributed by atoms with Gasteiger partial charge in [-0.2, -0.15) is 0 Å². The van der Waals surface area contributed by atoms with Gasteiger partial charge in [0.15, 0.2) is 0 Å². The lowest BCUT2D eigenvalue weighted by atomic mass is 10.2. The first-order valence-electron chi connectivity index (χ1n) is 6.04. The van der Waals surface area contributed by atoms with E-state index in [0.29, 0.717) is 6.54 Å². The van der Waals surface area contributed by atoms with Gasteiger partial charge in [0.25, 0.3) is 0 Å². The maximum atomic E-state index is 5.66. The fraction of sp³-hybridized carbons (Fsp3) is 0.538. The number of nitrogens with zero attached hydrogens (tertiary/aromatic N) is 1. The van der Waals surface area contributed by atoms with E-state index in [0.717, 1.165) is 4.47 Å². The topological polar surface area (TPSA) is 29.3 Å². The van der Waals surface area contributed by atoms with Crippen molar-refractivity contribution in [3.05, 3.63) is 28.2 Å². The first-order chi connectivity index (χ1) is 7.81. The van der Waals surface area contributed by atoms with Gasteiger partial charge in [0.2, 0.25) is 0 Å². The van der Waals surface area contributed by atoms with Gasteiger partial charge in [0.05, 0.1) is 0 Å². The molecule has 0 amide bonds. The van der Waals surface area contributed by atoms with E-state index in [1.54, 1.807) is 0 Å². The molecule has 1 heterocycles. The van der Waals surface area contributed by atoms with Crippen molar-refractivity contribution >= 4 is 21.6 Å². The lowest BCUT2D eigenvalue weighted by molar-refractivity contribution is 0.726. The highest BCUT2D eigenvalue weighted by Gasteiger charge is 2.10.